The zero-order valence-corrected chi connectivity index (χ0v) is 20.2. The van der Waals surface area contributed by atoms with Crippen molar-refractivity contribution in [2.75, 3.05) is 38.0 Å². The maximum absolute atomic E-state index is 13.4. The second-order valence-corrected chi connectivity index (χ2v) is 10.6. The highest BCUT2D eigenvalue weighted by Crippen LogP contribution is 2.28. The number of sulfonamides is 1. The zero-order valence-electron chi connectivity index (χ0n) is 19.4. The number of nitrogens with zero attached hydrogens (tertiary/aromatic N) is 1. The molecule has 0 aliphatic carbocycles. The number of carbonyl (C=O) groups excluding carboxylic acids is 1. The molecule has 0 atom stereocenters. The van der Waals surface area contributed by atoms with E-state index >= 15 is 0 Å². The maximum atomic E-state index is 13.4. The van der Waals surface area contributed by atoms with Crippen LogP contribution in [-0.2, 0) is 14.8 Å². The van der Waals surface area contributed by atoms with Crippen molar-refractivity contribution in [3.8, 4) is 0 Å². The summed E-state index contributed by atoms with van der Waals surface area (Å²) in [6.45, 7) is 14.1. The lowest BCUT2D eigenvalue weighted by atomic mass is 10.0. The van der Waals surface area contributed by atoms with Crippen LogP contribution in [0.2, 0.25) is 0 Å². The molecule has 1 aliphatic rings. The molecule has 2 N–H and O–H groups in total. The molecular formula is C24H34N3O3S+. The molecule has 0 bridgehead atoms. The van der Waals surface area contributed by atoms with Crippen LogP contribution in [0.15, 0.2) is 29.2 Å². The van der Waals surface area contributed by atoms with Crippen LogP contribution >= 0.6 is 0 Å². The van der Waals surface area contributed by atoms with Crippen LogP contribution in [0.4, 0.5) is 5.69 Å². The van der Waals surface area contributed by atoms with Crippen LogP contribution in [0, 0.1) is 41.5 Å². The number of hydrogen-bond donors (Lipinski definition) is 2. The minimum absolute atomic E-state index is 0.0458. The van der Waals surface area contributed by atoms with Crippen LogP contribution in [-0.4, -0.2) is 51.4 Å². The third-order valence-corrected chi connectivity index (χ3v) is 8.70. The van der Waals surface area contributed by atoms with Gasteiger partial charge in [0.1, 0.15) is 0 Å². The van der Waals surface area contributed by atoms with Crippen LogP contribution < -0.4 is 10.2 Å². The minimum Gasteiger partial charge on any atom is -0.325 e. The van der Waals surface area contributed by atoms with E-state index in [4.69, 9.17) is 0 Å². The van der Waals surface area contributed by atoms with Crippen molar-refractivity contribution in [1.29, 1.82) is 0 Å². The Balaban J connectivity index is 1.64. The first-order chi connectivity index (χ1) is 14.5. The van der Waals surface area contributed by atoms with Gasteiger partial charge in [-0.25, -0.2) is 8.42 Å². The van der Waals surface area contributed by atoms with Gasteiger partial charge >= 0.3 is 0 Å². The zero-order chi connectivity index (χ0) is 22.9. The smallest absolute Gasteiger partial charge is 0.279 e. The van der Waals surface area contributed by atoms with Gasteiger partial charge in [-0.1, -0.05) is 12.1 Å². The molecule has 1 aliphatic heterocycles. The number of nitrogens with one attached hydrogen (secondary N) is 2. The summed E-state index contributed by atoms with van der Waals surface area (Å²) < 4.78 is 28.4. The third kappa shape index (κ3) is 5.00. The Morgan fingerprint density at radius 3 is 2.03 bits per heavy atom. The molecule has 168 valence electrons. The van der Waals surface area contributed by atoms with E-state index in [9.17, 15) is 13.2 Å². The first kappa shape index (κ1) is 23.4. The molecule has 2 aromatic rings. The predicted octanol–water partition coefficient (Wildman–Crippen LogP) is 2.07. The van der Waals surface area contributed by atoms with Gasteiger partial charge in [-0.05, 0) is 87.1 Å². The van der Waals surface area contributed by atoms with E-state index in [2.05, 4.69) is 5.32 Å². The van der Waals surface area contributed by atoms with Gasteiger partial charge in [0.15, 0.2) is 6.54 Å². The summed E-state index contributed by atoms with van der Waals surface area (Å²) in [4.78, 5) is 14.0. The van der Waals surface area contributed by atoms with E-state index in [1.54, 1.807) is 4.31 Å². The van der Waals surface area contributed by atoms with Crippen molar-refractivity contribution in [1.82, 2.24) is 4.31 Å². The summed E-state index contributed by atoms with van der Waals surface area (Å²) in [7, 11) is -3.56. The first-order valence-electron chi connectivity index (χ1n) is 10.8. The van der Waals surface area contributed by atoms with E-state index < -0.39 is 10.0 Å². The Bertz CT molecular complexity index is 1080. The standard InChI is InChI=1S/C24H33N3O3S/c1-16-7-8-22(14-17(16)2)25-23(28)15-26-9-11-27(12-10-26)31(29,30)24-20(5)18(3)13-19(4)21(24)6/h7-8,13-14H,9-12,15H2,1-6H3,(H,25,28)/p+1. The van der Waals surface area contributed by atoms with Crippen molar-refractivity contribution in [3.05, 3.63) is 57.6 Å². The number of quaternary nitrogens is 1. The molecule has 2 aromatic carbocycles. The van der Waals surface area contributed by atoms with Crippen LogP contribution in [0.1, 0.15) is 33.4 Å². The molecule has 1 heterocycles. The number of piperazine rings is 1. The number of aryl methyl sites for hydroxylation is 4. The maximum Gasteiger partial charge on any atom is 0.279 e. The summed E-state index contributed by atoms with van der Waals surface area (Å²) in [5.41, 5.74) is 6.77. The van der Waals surface area contributed by atoms with Crippen molar-refractivity contribution in [3.63, 3.8) is 0 Å². The molecule has 1 amide bonds. The van der Waals surface area contributed by atoms with E-state index in [0.717, 1.165) is 38.4 Å². The summed E-state index contributed by atoms with van der Waals surface area (Å²) in [5.74, 6) is -0.0458. The molecule has 0 saturated carbocycles. The Labute approximate surface area is 186 Å². The third-order valence-electron chi connectivity index (χ3n) is 6.53. The van der Waals surface area contributed by atoms with Crippen LogP contribution in [0.25, 0.3) is 0 Å². The fourth-order valence-electron chi connectivity index (χ4n) is 4.17. The molecule has 0 radical (unpaired) electrons. The second kappa shape index (κ2) is 9.10. The summed E-state index contributed by atoms with van der Waals surface area (Å²) in [6, 6.07) is 7.93. The van der Waals surface area contributed by atoms with Gasteiger partial charge in [0, 0.05) is 5.69 Å². The molecule has 0 unspecified atom stereocenters. The molecule has 0 aromatic heterocycles. The fourth-order valence-corrected chi connectivity index (χ4v) is 6.19. The summed E-state index contributed by atoms with van der Waals surface area (Å²) >= 11 is 0. The number of carbonyl (C=O) groups is 1. The number of benzene rings is 2. The van der Waals surface area contributed by atoms with Crippen molar-refractivity contribution in [2.24, 2.45) is 0 Å². The lowest BCUT2D eigenvalue weighted by Gasteiger charge is -2.32. The van der Waals surface area contributed by atoms with Gasteiger partial charge in [-0.3, -0.25) is 4.79 Å². The molecule has 6 nitrogen and oxygen atoms in total. The Morgan fingerprint density at radius 1 is 0.903 bits per heavy atom. The highest BCUT2D eigenvalue weighted by Gasteiger charge is 2.33. The molecule has 7 heteroatoms. The van der Waals surface area contributed by atoms with Gasteiger partial charge in [0.05, 0.1) is 31.1 Å². The number of rotatable bonds is 5. The van der Waals surface area contributed by atoms with Crippen LogP contribution in [0.5, 0.6) is 0 Å². The van der Waals surface area contributed by atoms with E-state index in [1.807, 2.05) is 65.8 Å². The van der Waals surface area contributed by atoms with Crippen LogP contribution in [0.3, 0.4) is 0 Å². The van der Waals surface area contributed by atoms with Gasteiger partial charge in [-0.2, -0.15) is 4.31 Å². The molecule has 0 spiro atoms. The lowest BCUT2D eigenvalue weighted by Crippen LogP contribution is -3.15. The number of anilines is 1. The average Bonchev–Trinajstić information content (AvgIpc) is 2.69. The normalized spacial score (nSPS) is 15.8. The fraction of sp³-hybridized carbons (Fsp3) is 0.458. The Hall–Kier alpha value is -2.22. The van der Waals surface area contributed by atoms with E-state index in [-0.39, 0.29) is 5.91 Å². The van der Waals surface area contributed by atoms with Gasteiger partial charge in [0.2, 0.25) is 10.0 Å². The highest BCUT2D eigenvalue weighted by atomic mass is 32.2. The molecular weight excluding hydrogens is 410 g/mol. The van der Waals surface area contributed by atoms with Crippen molar-refractivity contribution < 1.29 is 18.1 Å². The summed E-state index contributed by atoms with van der Waals surface area (Å²) in [5, 5.41) is 2.96. The Kier molecular flexibility index (Phi) is 6.88. The largest absolute Gasteiger partial charge is 0.325 e. The quantitative estimate of drug-likeness (QED) is 0.742. The Morgan fingerprint density at radius 2 is 1.48 bits per heavy atom. The second-order valence-electron chi connectivity index (χ2n) is 8.77. The van der Waals surface area contributed by atoms with Gasteiger partial charge in [-0.15, -0.1) is 0 Å². The first-order valence-corrected chi connectivity index (χ1v) is 12.2. The lowest BCUT2D eigenvalue weighted by molar-refractivity contribution is -0.895. The van der Waals surface area contributed by atoms with E-state index in [0.29, 0.717) is 37.6 Å². The van der Waals surface area contributed by atoms with Gasteiger partial charge < -0.3 is 10.2 Å². The average molecular weight is 445 g/mol. The molecule has 31 heavy (non-hydrogen) atoms. The number of hydrogen-bond acceptors (Lipinski definition) is 3. The molecule has 1 saturated heterocycles. The molecule has 1 fully saturated rings. The topological polar surface area (TPSA) is 70.9 Å². The monoisotopic (exact) mass is 444 g/mol. The SMILES string of the molecule is Cc1ccc(NC(=O)C[NH+]2CCN(S(=O)(=O)c3c(C)c(C)cc(C)c3C)CC2)cc1C. The number of amides is 1. The minimum atomic E-state index is -3.56. The highest BCUT2D eigenvalue weighted by molar-refractivity contribution is 7.89. The van der Waals surface area contributed by atoms with Gasteiger partial charge in [0.25, 0.3) is 5.91 Å². The summed E-state index contributed by atoms with van der Waals surface area (Å²) in [6.07, 6.45) is 0. The van der Waals surface area contributed by atoms with Crippen molar-refractivity contribution >= 4 is 21.6 Å². The molecule has 3 rings (SSSR count). The predicted molar refractivity (Wildman–Crippen MR) is 124 cm³/mol. The van der Waals surface area contributed by atoms with E-state index in [1.165, 1.54) is 5.56 Å². The van der Waals surface area contributed by atoms with Crippen molar-refractivity contribution in [2.45, 2.75) is 46.4 Å².